The fraction of sp³-hybridized carbons (Fsp3) is 0. The molecule has 2 nitrogen and oxygen atoms in total. The molecular formula is C15H8BBr2F2IN2. The number of hydrogen-bond acceptors (Lipinski definition) is 0. The second kappa shape index (κ2) is 5.39. The van der Waals surface area contributed by atoms with E-state index in [0.717, 1.165) is 23.7 Å². The molecule has 2 aliphatic rings. The molecule has 23 heavy (non-hydrogen) atoms. The van der Waals surface area contributed by atoms with Crippen molar-refractivity contribution in [2.75, 3.05) is 0 Å². The number of fused-ring (bicyclic) bond motifs is 2. The van der Waals surface area contributed by atoms with Gasteiger partial charge in [0.15, 0.2) is 5.70 Å². The quantitative estimate of drug-likeness (QED) is 0.339. The third-order valence-electron chi connectivity index (χ3n) is 3.98. The molecule has 0 spiro atoms. The highest BCUT2D eigenvalue weighted by Crippen LogP contribution is 2.42. The molecule has 8 heteroatoms. The Morgan fingerprint density at radius 1 is 1.09 bits per heavy atom. The molecule has 0 fully saturated rings. The lowest BCUT2D eigenvalue weighted by Crippen LogP contribution is -2.50. The maximum absolute atomic E-state index is 15.1. The normalized spacial score (nSPS) is 18.5. The largest absolute Gasteiger partial charge is 0.738 e. The van der Waals surface area contributed by atoms with E-state index in [0.29, 0.717) is 20.6 Å². The van der Waals surface area contributed by atoms with Gasteiger partial charge in [0, 0.05) is 37.3 Å². The Kier molecular flexibility index (Phi) is 3.69. The number of allylic oxidation sites excluding steroid dienone is 2. The van der Waals surface area contributed by atoms with Crippen LogP contribution in [0.3, 0.4) is 0 Å². The first-order valence-electron chi connectivity index (χ1n) is 6.81. The van der Waals surface area contributed by atoms with Gasteiger partial charge in [0.25, 0.3) is 0 Å². The molecule has 0 unspecified atom stereocenters. The average Bonchev–Trinajstić information content (AvgIpc) is 3.05. The highest BCUT2D eigenvalue weighted by atomic mass is 127. The van der Waals surface area contributed by atoms with Crippen LogP contribution < -0.4 is 0 Å². The molecular weight excluding hydrogens is 544 g/mol. The number of aromatic nitrogens is 1. The Hall–Kier alpha value is -0.735. The zero-order valence-electron chi connectivity index (χ0n) is 11.5. The van der Waals surface area contributed by atoms with Crippen LogP contribution in [0.5, 0.6) is 0 Å². The van der Waals surface area contributed by atoms with Crippen molar-refractivity contribution < 1.29 is 13.1 Å². The molecule has 0 atom stereocenters. The van der Waals surface area contributed by atoms with E-state index in [1.807, 2.05) is 24.3 Å². The van der Waals surface area contributed by atoms with Crippen molar-refractivity contribution in [2.45, 2.75) is 0 Å². The maximum Gasteiger partial charge on any atom is 0.738 e. The van der Waals surface area contributed by atoms with Crippen molar-refractivity contribution in [1.29, 1.82) is 0 Å². The minimum atomic E-state index is -3.96. The monoisotopic (exact) mass is 550 g/mol. The second-order valence-corrected chi connectivity index (χ2v) is 8.17. The van der Waals surface area contributed by atoms with Crippen LogP contribution in [0.1, 0.15) is 11.3 Å². The minimum absolute atomic E-state index is 0.367. The number of hydrogen-bond donors (Lipinski definition) is 0. The van der Waals surface area contributed by atoms with Crippen LogP contribution in [0.4, 0.5) is 8.63 Å². The standard InChI is InChI=1S/C15H8BBr2F2IN2/c17-13-6-4-11-15(9-2-1-3-10(21)8-9)12-5-7-14(18)23(12)16(19,20)22(11)13/h1-8H. The number of halogens is 5. The Morgan fingerprint density at radius 2 is 1.87 bits per heavy atom. The summed E-state index contributed by atoms with van der Waals surface area (Å²) in [6, 6.07) is 11.3. The maximum atomic E-state index is 15.1. The Bertz CT molecular complexity index is 947. The number of benzene rings is 1. The molecule has 0 saturated heterocycles. The minimum Gasteiger partial charge on any atom is -0.389 e. The topological polar surface area (TPSA) is 7.94 Å². The van der Waals surface area contributed by atoms with Crippen molar-refractivity contribution in [1.82, 2.24) is 4.48 Å². The number of rotatable bonds is 1. The van der Waals surface area contributed by atoms with E-state index in [1.165, 1.54) is 0 Å². The molecule has 0 radical (unpaired) electrons. The predicted octanol–water partition coefficient (Wildman–Crippen LogP) is 5.23. The summed E-state index contributed by atoms with van der Waals surface area (Å²) in [5, 5.41) is 0. The molecule has 0 amide bonds. The molecule has 2 aromatic rings. The van der Waals surface area contributed by atoms with Gasteiger partial charge >= 0.3 is 6.97 Å². The first-order chi connectivity index (χ1) is 10.9. The summed E-state index contributed by atoms with van der Waals surface area (Å²) in [6.45, 7) is -3.96. The van der Waals surface area contributed by atoms with Crippen LogP contribution >= 0.6 is 54.5 Å². The molecule has 0 N–H and O–H groups in total. The molecule has 0 aliphatic carbocycles. The Morgan fingerprint density at radius 3 is 2.61 bits per heavy atom. The van der Waals surface area contributed by atoms with E-state index in [-0.39, 0.29) is 0 Å². The first-order valence-corrected chi connectivity index (χ1v) is 9.47. The SMILES string of the molecule is F[B-]1(F)n2c(Br)ccc2C(c2cccc(I)c2)=C2C=CC(Br)=[N+]21. The molecule has 4 rings (SSSR count). The van der Waals surface area contributed by atoms with E-state index in [2.05, 4.69) is 54.5 Å². The molecule has 0 bridgehead atoms. The van der Waals surface area contributed by atoms with Gasteiger partial charge in [-0.05, 0) is 68.3 Å². The summed E-state index contributed by atoms with van der Waals surface area (Å²) in [4.78, 5) is 0. The van der Waals surface area contributed by atoms with Gasteiger partial charge in [0.2, 0.25) is 4.62 Å². The summed E-state index contributed by atoms with van der Waals surface area (Å²) in [6.07, 6.45) is 3.40. The van der Waals surface area contributed by atoms with Crippen molar-refractivity contribution in [3.8, 4) is 0 Å². The van der Waals surface area contributed by atoms with Crippen LogP contribution in [0.25, 0.3) is 5.57 Å². The molecule has 116 valence electrons. The van der Waals surface area contributed by atoms with Crippen molar-refractivity contribution in [2.24, 2.45) is 0 Å². The summed E-state index contributed by atoms with van der Waals surface area (Å²) < 4.78 is 34.1. The van der Waals surface area contributed by atoms with Crippen molar-refractivity contribution in [3.63, 3.8) is 0 Å². The smallest absolute Gasteiger partial charge is 0.389 e. The highest BCUT2D eigenvalue weighted by Gasteiger charge is 2.54. The van der Waals surface area contributed by atoms with E-state index < -0.39 is 6.97 Å². The van der Waals surface area contributed by atoms with Crippen LogP contribution in [0.15, 0.2) is 58.9 Å². The highest BCUT2D eigenvalue weighted by molar-refractivity contribution is 14.1. The van der Waals surface area contributed by atoms with Crippen LogP contribution in [0.2, 0.25) is 0 Å². The summed E-state index contributed by atoms with van der Waals surface area (Å²) in [5.41, 5.74) is 2.75. The van der Waals surface area contributed by atoms with Gasteiger partial charge in [-0.15, -0.1) is 0 Å². The van der Waals surface area contributed by atoms with Crippen LogP contribution in [-0.2, 0) is 0 Å². The van der Waals surface area contributed by atoms with Crippen molar-refractivity contribution >= 4 is 71.6 Å². The molecule has 2 aliphatic heterocycles. The predicted molar refractivity (Wildman–Crippen MR) is 104 cm³/mol. The molecule has 3 heterocycles. The lowest BCUT2D eigenvalue weighted by atomic mass is 9.86. The third kappa shape index (κ3) is 2.25. The van der Waals surface area contributed by atoms with E-state index in [9.17, 15) is 0 Å². The summed E-state index contributed by atoms with van der Waals surface area (Å²) >= 11 is 8.75. The first kappa shape index (κ1) is 15.8. The zero-order valence-corrected chi connectivity index (χ0v) is 16.8. The van der Waals surface area contributed by atoms with E-state index in [1.54, 1.807) is 24.3 Å². The molecule has 1 aromatic carbocycles. The third-order valence-corrected chi connectivity index (χ3v) is 5.95. The van der Waals surface area contributed by atoms with Gasteiger partial charge in [-0.1, -0.05) is 12.1 Å². The van der Waals surface area contributed by atoms with Crippen LogP contribution in [0, 0.1) is 3.57 Å². The van der Waals surface area contributed by atoms with Crippen molar-refractivity contribution in [3.05, 3.63) is 73.7 Å². The van der Waals surface area contributed by atoms with Gasteiger partial charge in [-0.2, -0.15) is 0 Å². The second-order valence-electron chi connectivity index (χ2n) is 5.30. The van der Waals surface area contributed by atoms with Gasteiger partial charge < -0.3 is 17.6 Å². The lowest BCUT2D eigenvalue weighted by Gasteiger charge is -2.32. The zero-order chi connectivity index (χ0) is 16.4. The Balaban J connectivity index is 2.12. The number of nitrogens with zero attached hydrogens (tertiary/aromatic N) is 2. The summed E-state index contributed by atoms with van der Waals surface area (Å²) in [5.74, 6) is 0. The fourth-order valence-electron chi connectivity index (χ4n) is 3.07. The fourth-order valence-corrected chi connectivity index (χ4v) is 4.75. The van der Waals surface area contributed by atoms with E-state index in [4.69, 9.17) is 0 Å². The lowest BCUT2D eigenvalue weighted by molar-refractivity contribution is -0.358. The summed E-state index contributed by atoms with van der Waals surface area (Å²) in [7, 11) is 0. The van der Waals surface area contributed by atoms with Gasteiger partial charge in [-0.3, -0.25) is 0 Å². The molecule has 0 saturated carbocycles. The van der Waals surface area contributed by atoms with Gasteiger partial charge in [0.1, 0.15) is 0 Å². The molecule has 1 aromatic heterocycles. The average molecular weight is 552 g/mol. The van der Waals surface area contributed by atoms with Gasteiger partial charge in [-0.25, -0.2) is 0 Å². The van der Waals surface area contributed by atoms with Gasteiger partial charge in [0.05, 0.1) is 10.2 Å². The van der Waals surface area contributed by atoms with Crippen LogP contribution in [-0.4, -0.2) is 20.6 Å². The Labute approximate surface area is 162 Å². The van der Waals surface area contributed by atoms with E-state index >= 15 is 8.63 Å².